The van der Waals surface area contributed by atoms with Crippen molar-refractivity contribution in [2.24, 2.45) is 0 Å². The molecule has 1 aromatic rings. The molecule has 0 aliphatic carbocycles. The van der Waals surface area contributed by atoms with E-state index in [1.165, 1.54) is 0 Å². The van der Waals surface area contributed by atoms with Crippen LogP contribution in [0.5, 0.6) is 5.75 Å². The van der Waals surface area contributed by atoms with Gasteiger partial charge >= 0.3 is 5.97 Å². The quantitative estimate of drug-likeness (QED) is 0.748. The molecule has 0 bridgehead atoms. The van der Waals surface area contributed by atoms with Crippen molar-refractivity contribution >= 4 is 5.97 Å². The lowest BCUT2D eigenvalue weighted by atomic mass is 10.1. The summed E-state index contributed by atoms with van der Waals surface area (Å²) in [7, 11) is 0. The normalized spacial score (nSPS) is 12.1. The van der Waals surface area contributed by atoms with Crippen molar-refractivity contribution in [1.82, 2.24) is 0 Å². The first-order chi connectivity index (χ1) is 8.07. The molecule has 3 heteroatoms. The molecule has 0 saturated carbocycles. The zero-order valence-electron chi connectivity index (χ0n) is 12.0. The molecule has 0 aliphatic heterocycles. The molecule has 0 fully saturated rings. The van der Waals surface area contributed by atoms with Crippen molar-refractivity contribution in [3.8, 4) is 5.75 Å². The maximum atomic E-state index is 11.8. The summed E-state index contributed by atoms with van der Waals surface area (Å²) in [5.41, 5.74) is -0.184. The first-order valence-electron chi connectivity index (χ1n) is 6.09. The van der Waals surface area contributed by atoms with Crippen LogP contribution in [0.25, 0.3) is 0 Å². The van der Waals surface area contributed by atoms with Gasteiger partial charge in [0, 0.05) is 0 Å². The van der Waals surface area contributed by atoms with Crippen LogP contribution < -0.4 is 4.74 Å². The summed E-state index contributed by atoms with van der Waals surface area (Å²) in [6, 6.07) is 7.00. The van der Waals surface area contributed by atoms with Crippen LogP contribution in [0.3, 0.4) is 0 Å². The molecular formula is C15H22O3. The van der Waals surface area contributed by atoms with Gasteiger partial charge in [-0.1, -0.05) is 0 Å². The van der Waals surface area contributed by atoms with Gasteiger partial charge in [0.2, 0.25) is 0 Å². The number of carbonyl (C=O) groups is 1. The Morgan fingerprint density at radius 3 is 1.78 bits per heavy atom. The van der Waals surface area contributed by atoms with E-state index >= 15 is 0 Å². The van der Waals surface area contributed by atoms with E-state index in [-0.39, 0.29) is 11.6 Å². The van der Waals surface area contributed by atoms with Gasteiger partial charge in [-0.25, -0.2) is 4.79 Å². The zero-order valence-corrected chi connectivity index (χ0v) is 12.0. The molecule has 0 saturated heterocycles. The summed E-state index contributed by atoms with van der Waals surface area (Å²) in [5, 5.41) is 0. The number of hydrogen-bond donors (Lipinski definition) is 0. The predicted octanol–water partition coefficient (Wildman–Crippen LogP) is 3.82. The number of benzene rings is 1. The molecule has 0 aromatic heterocycles. The van der Waals surface area contributed by atoms with Crippen molar-refractivity contribution in [3.63, 3.8) is 0 Å². The SMILES string of the molecule is CC(C)(C)OC(=O)c1ccc(OC(C)(C)C)cc1. The lowest BCUT2D eigenvalue weighted by Crippen LogP contribution is -2.24. The second-order valence-electron chi connectivity index (χ2n) is 6.24. The molecule has 100 valence electrons. The number of hydrogen-bond acceptors (Lipinski definition) is 3. The summed E-state index contributed by atoms with van der Waals surface area (Å²) in [6.07, 6.45) is 0. The van der Waals surface area contributed by atoms with Crippen molar-refractivity contribution in [3.05, 3.63) is 29.8 Å². The van der Waals surface area contributed by atoms with Crippen molar-refractivity contribution in [2.75, 3.05) is 0 Å². The zero-order chi connectivity index (χ0) is 14.0. The monoisotopic (exact) mass is 250 g/mol. The predicted molar refractivity (Wildman–Crippen MR) is 72.0 cm³/mol. The fraction of sp³-hybridized carbons (Fsp3) is 0.533. The van der Waals surface area contributed by atoms with Gasteiger partial charge in [-0.15, -0.1) is 0 Å². The molecule has 1 aromatic carbocycles. The minimum Gasteiger partial charge on any atom is -0.488 e. The third-order valence-corrected chi connectivity index (χ3v) is 1.91. The Bertz CT molecular complexity index is 405. The summed E-state index contributed by atoms with van der Waals surface area (Å²) < 4.78 is 11.0. The first-order valence-corrected chi connectivity index (χ1v) is 6.09. The van der Waals surface area contributed by atoms with Crippen molar-refractivity contribution in [2.45, 2.75) is 52.7 Å². The molecule has 3 nitrogen and oxygen atoms in total. The highest BCUT2D eigenvalue weighted by Crippen LogP contribution is 2.19. The Labute approximate surface area is 109 Å². The largest absolute Gasteiger partial charge is 0.488 e. The third-order valence-electron chi connectivity index (χ3n) is 1.91. The van der Waals surface area contributed by atoms with Crippen LogP contribution in [0.15, 0.2) is 24.3 Å². The van der Waals surface area contributed by atoms with Gasteiger partial charge in [0.1, 0.15) is 17.0 Å². The van der Waals surface area contributed by atoms with Gasteiger partial charge in [0.05, 0.1) is 5.56 Å². The van der Waals surface area contributed by atoms with Crippen LogP contribution in [0.1, 0.15) is 51.9 Å². The van der Waals surface area contributed by atoms with E-state index in [0.717, 1.165) is 5.75 Å². The maximum absolute atomic E-state index is 11.8. The van der Waals surface area contributed by atoms with Gasteiger partial charge in [-0.2, -0.15) is 0 Å². The maximum Gasteiger partial charge on any atom is 0.338 e. The van der Waals surface area contributed by atoms with E-state index in [2.05, 4.69) is 0 Å². The fourth-order valence-corrected chi connectivity index (χ4v) is 1.35. The summed E-state index contributed by atoms with van der Waals surface area (Å²) in [5.74, 6) is 0.430. The number of esters is 1. The highest BCUT2D eigenvalue weighted by molar-refractivity contribution is 5.89. The number of ether oxygens (including phenoxy) is 2. The van der Waals surface area contributed by atoms with Crippen molar-refractivity contribution < 1.29 is 14.3 Å². The molecule has 1 rings (SSSR count). The Kier molecular flexibility index (Phi) is 4.05. The summed E-state index contributed by atoms with van der Waals surface area (Å²) in [6.45, 7) is 11.5. The molecule has 0 atom stereocenters. The molecule has 0 heterocycles. The van der Waals surface area contributed by atoms with Gasteiger partial charge in [0.15, 0.2) is 0 Å². The van der Waals surface area contributed by atoms with Crippen LogP contribution in [0.2, 0.25) is 0 Å². The van der Waals surface area contributed by atoms with Crippen LogP contribution in [-0.4, -0.2) is 17.2 Å². The second-order valence-corrected chi connectivity index (χ2v) is 6.24. The average molecular weight is 250 g/mol. The molecule has 0 amide bonds. The fourth-order valence-electron chi connectivity index (χ4n) is 1.35. The molecule has 0 unspecified atom stereocenters. The minimum atomic E-state index is -0.475. The van der Waals surface area contributed by atoms with Gasteiger partial charge < -0.3 is 9.47 Å². The van der Waals surface area contributed by atoms with Crippen LogP contribution in [0.4, 0.5) is 0 Å². The standard InChI is InChI=1S/C15H22O3/c1-14(2,3)17-12-9-7-11(8-10-12)13(16)18-15(4,5)6/h7-10H,1-6H3. The lowest BCUT2D eigenvalue weighted by Gasteiger charge is -2.22. The van der Waals surface area contributed by atoms with Gasteiger partial charge in [0.25, 0.3) is 0 Å². The topological polar surface area (TPSA) is 35.5 Å². The Morgan fingerprint density at radius 2 is 1.39 bits per heavy atom. The second kappa shape index (κ2) is 5.01. The summed E-state index contributed by atoms with van der Waals surface area (Å²) in [4.78, 5) is 11.8. The van der Waals surface area contributed by atoms with Crippen LogP contribution in [-0.2, 0) is 4.74 Å². The van der Waals surface area contributed by atoms with E-state index in [4.69, 9.17) is 9.47 Å². The van der Waals surface area contributed by atoms with E-state index in [9.17, 15) is 4.79 Å². The Morgan fingerprint density at radius 1 is 0.889 bits per heavy atom. The molecule has 0 aliphatic rings. The van der Waals surface area contributed by atoms with Crippen molar-refractivity contribution in [1.29, 1.82) is 0 Å². The highest BCUT2D eigenvalue weighted by Gasteiger charge is 2.18. The number of carbonyl (C=O) groups excluding carboxylic acids is 1. The molecule has 0 N–H and O–H groups in total. The van der Waals surface area contributed by atoms with Crippen LogP contribution >= 0.6 is 0 Å². The van der Waals surface area contributed by atoms with E-state index in [0.29, 0.717) is 5.56 Å². The molecule has 0 radical (unpaired) electrons. The molecule has 0 spiro atoms. The van der Waals surface area contributed by atoms with E-state index < -0.39 is 5.60 Å². The Hall–Kier alpha value is -1.51. The van der Waals surface area contributed by atoms with Gasteiger partial charge in [-0.05, 0) is 65.8 Å². The highest BCUT2D eigenvalue weighted by atomic mass is 16.6. The number of rotatable bonds is 2. The average Bonchev–Trinajstić information content (AvgIpc) is 2.13. The first kappa shape index (κ1) is 14.6. The molecule has 18 heavy (non-hydrogen) atoms. The summed E-state index contributed by atoms with van der Waals surface area (Å²) >= 11 is 0. The minimum absolute atomic E-state index is 0.243. The van der Waals surface area contributed by atoms with Crippen LogP contribution in [0, 0.1) is 0 Å². The van der Waals surface area contributed by atoms with E-state index in [1.54, 1.807) is 24.3 Å². The third kappa shape index (κ3) is 5.21. The van der Waals surface area contributed by atoms with Gasteiger partial charge in [-0.3, -0.25) is 0 Å². The van der Waals surface area contributed by atoms with E-state index in [1.807, 2.05) is 41.5 Å². The molecular weight excluding hydrogens is 228 g/mol. The smallest absolute Gasteiger partial charge is 0.338 e. The lowest BCUT2D eigenvalue weighted by molar-refractivity contribution is 0.00695. The Balaban J connectivity index is 2.74.